The second kappa shape index (κ2) is 6.53. The Morgan fingerprint density at radius 2 is 2.15 bits per heavy atom. The quantitative estimate of drug-likeness (QED) is 0.587. The summed E-state index contributed by atoms with van der Waals surface area (Å²) in [4.78, 5) is 10.9. The Morgan fingerprint density at radius 1 is 1.50 bits per heavy atom. The van der Waals surface area contributed by atoms with E-state index in [0.29, 0.717) is 6.42 Å². The molecule has 0 unspecified atom stereocenters. The van der Waals surface area contributed by atoms with Crippen LogP contribution < -0.4 is 5.73 Å². The van der Waals surface area contributed by atoms with Gasteiger partial charge in [-0.2, -0.15) is 4.31 Å². The van der Waals surface area contributed by atoms with Crippen molar-refractivity contribution in [3.63, 3.8) is 0 Å². The lowest BCUT2D eigenvalue weighted by molar-refractivity contribution is 0.0692. The topological polar surface area (TPSA) is 101 Å². The first-order chi connectivity index (χ1) is 9.34. The van der Waals surface area contributed by atoms with Gasteiger partial charge < -0.3 is 10.8 Å². The van der Waals surface area contributed by atoms with Crippen LogP contribution in [-0.2, 0) is 10.0 Å². The molecule has 0 aliphatic carbocycles. The SMILES string of the molecule is C=CCN(CCC)S(=O)(=O)c1ccc(N)cc1C(=O)O. The lowest BCUT2D eigenvalue weighted by Gasteiger charge is -2.21. The lowest BCUT2D eigenvalue weighted by atomic mass is 10.2. The molecule has 110 valence electrons. The molecule has 0 spiro atoms. The van der Waals surface area contributed by atoms with Crippen molar-refractivity contribution in [2.75, 3.05) is 18.8 Å². The molecule has 0 heterocycles. The van der Waals surface area contributed by atoms with Gasteiger partial charge in [-0.05, 0) is 24.6 Å². The first-order valence-corrected chi connectivity index (χ1v) is 7.52. The second-order valence-electron chi connectivity index (χ2n) is 4.21. The largest absolute Gasteiger partial charge is 0.478 e. The van der Waals surface area contributed by atoms with Crippen molar-refractivity contribution in [2.45, 2.75) is 18.2 Å². The van der Waals surface area contributed by atoms with Gasteiger partial charge in [0, 0.05) is 18.8 Å². The molecule has 0 atom stereocenters. The number of hydrogen-bond donors (Lipinski definition) is 2. The van der Waals surface area contributed by atoms with Gasteiger partial charge in [0.05, 0.1) is 10.5 Å². The van der Waals surface area contributed by atoms with Gasteiger partial charge >= 0.3 is 5.97 Å². The van der Waals surface area contributed by atoms with Crippen LogP contribution in [0.4, 0.5) is 5.69 Å². The molecule has 20 heavy (non-hydrogen) atoms. The third-order valence-electron chi connectivity index (χ3n) is 2.66. The predicted molar refractivity (Wildman–Crippen MR) is 77.1 cm³/mol. The fraction of sp³-hybridized carbons (Fsp3) is 0.308. The Kier molecular flexibility index (Phi) is 5.29. The van der Waals surface area contributed by atoms with Gasteiger partial charge in [-0.25, -0.2) is 13.2 Å². The average Bonchev–Trinajstić information content (AvgIpc) is 2.38. The van der Waals surface area contributed by atoms with Gasteiger partial charge in [0.15, 0.2) is 0 Å². The summed E-state index contributed by atoms with van der Waals surface area (Å²) >= 11 is 0. The van der Waals surface area contributed by atoms with E-state index in [1.165, 1.54) is 22.5 Å². The summed E-state index contributed by atoms with van der Waals surface area (Å²) in [5.41, 5.74) is 5.39. The molecular weight excluding hydrogens is 280 g/mol. The molecule has 1 rings (SSSR count). The maximum atomic E-state index is 12.5. The van der Waals surface area contributed by atoms with Crippen LogP contribution in [0.3, 0.4) is 0 Å². The minimum atomic E-state index is -3.89. The lowest BCUT2D eigenvalue weighted by Crippen LogP contribution is -2.33. The molecule has 0 aromatic heterocycles. The van der Waals surface area contributed by atoms with Gasteiger partial charge in [-0.1, -0.05) is 13.0 Å². The summed E-state index contributed by atoms with van der Waals surface area (Å²) in [6.45, 7) is 5.77. The van der Waals surface area contributed by atoms with Gasteiger partial charge in [0.25, 0.3) is 0 Å². The Bertz CT molecular complexity index is 611. The summed E-state index contributed by atoms with van der Waals surface area (Å²) < 4.78 is 26.2. The Hall–Kier alpha value is -1.86. The normalized spacial score (nSPS) is 11.5. The Balaban J connectivity index is 3.40. The summed E-state index contributed by atoms with van der Waals surface area (Å²) in [5, 5.41) is 9.14. The second-order valence-corrected chi connectivity index (χ2v) is 6.12. The number of nitrogens with zero attached hydrogens (tertiary/aromatic N) is 1. The molecule has 0 saturated carbocycles. The minimum absolute atomic E-state index is 0.125. The number of rotatable bonds is 7. The van der Waals surface area contributed by atoms with Crippen molar-refractivity contribution >= 4 is 21.7 Å². The highest BCUT2D eigenvalue weighted by atomic mass is 32.2. The van der Waals surface area contributed by atoms with Gasteiger partial charge in [-0.15, -0.1) is 6.58 Å². The highest BCUT2D eigenvalue weighted by molar-refractivity contribution is 7.89. The number of carbonyl (C=O) groups is 1. The third kappa shape index (κ3) is 3.37. The fourth-order valence-corrected chi connectivity index (χ4v) is 3.45. The number of benzene rings is 1. The summed E-state index contributed by atoms with van der Waals surface area (Å²) in [6, 6.07) is 3.74. The van der Waals surface area contributed by atoms with E-state index in [-0.39, 0.29) is 29.2 Å². The Morgan fingerprint density at radius 3 is 2.65 bits per heavy atom. The van der Waals surface area contributed by atoms with Crippen molar-refractivity contribution in [1.82, 2.24) is 4.31 Å². The van der Waals surface area contributed by atoms with Crippen LogP contribution in [0, 0.1) is 0 Å². The third-order valence-corrected chi connectivity index (χ3v) is 4.58. The van der Waals surface area contributed by atoms with Crippen LogP contribution in [0.5, 0.6) is 0 Å². The van der Waals surface area contributed by atoms with Crippen molar-refractivity contribution in [1.29, 1.82) is 0 Å². The van der Waals surface area contributed by atoms with Gasteiger partial charge in [0.2, 0.25) is 10.0 Å². The molecule has 0 aliphatic rings. The molecule has 6 nitrogen and oxygen atoms in total. The zero-order valence-electron chi connectivity index (χ0n) is 11.2. The number of aromatic carboxylic acids is 1. The zero-order chi connectivity index (χ0) is 15.3. The first-order valence-electron chi connectivity index (χ1n) is 6.08. The summed E-state index contributed by atoms with van der Waals surface area (Å²) in [7, 11) is -3.89. The van der Waals surface area contributed by atoms with E-state index in [9.17, 15) is 13.2 Å². The molecule has 3 N–H and O–H groups in total. The molecule has 0 saturated heterocycles. The molecule has 0 amide bonds. The van der Waals surface area contributed by atoms with E-state index < -0.39 is 16.0 Å². The average molecular weight is 298 g/mol. The number of nitrogens with two attached hydrogens (primary N) is 1. The molecule has 0 bridgehead atoms. The fourth-order valence-electron chi connectivity index (χ4n) is 1.78. The van der Waals surface area contributed by atoms with E-state index in [1.54, 1.807) is 0 Å². The van der Waals surface area contributed by atoms with Crippen molar-refractivity contribution in [3.05, 3.63) is 36.4 Å². The van der Waals surface area contributed by atoms with Crippen LogP contribution in [-0.4, -0.2) is 36.9 Å². The van der Waals surface area contributed by atoms with Crippen LogP contribution in [0.25, 0.3) is 0 Å². The van der Waals surface area contributed by atoms with E-state index >= 15 is 0 Å². The number of carboxylic acids is 1. The van der Waals surface area contributed by atoms with E-state index in [2.05, 4.69) is 6.58 Å². The molecule has 0 aliphatic heterocycles. The summed E-state index contributed by atoms with van der Waals surface area (Å²) in [6.07, 6.45) is 2.08. The smallest absolute Gasteiger partial charge is 0.337 e. The van der Waals surface area contributed by atoms with Crippen molar-refractivity contribution in [3.8, 4) is 0 Å². The zero-order valence-corrected chi connectivity index (χ0v) is 12.1. The number of anilines is 1. The molecule has 0 fully saturated rings. The van der Waals surface area contributed by atoms with E-state index in [4.69, 9.17) is 10.8 Å². The molecule has 1 aromatic rings. The maximum absolute atomic E-state index is 12.5. The molecule has 0 radical (unpaired) electrons. The van der Waals surface area contributed by atoms with E-state index in [1.807, 2.05) is 6.92 Å². The highest BCUT2D eigenvalue weighted by Gasteiger charge is 2.27. The Labute approximate surface area is 118 Å². The van der Waals surface area contributed by atoms with Crippen LogP contribution in [0.1, 0.15) is 23.7 Å². The maximum Gasteiger partial charge on any atom is 0.337 e. The predicted octanol–water partition coefficient (Wildman–Crippen LogP) is 1.55. The highest BCUT2D eigenvalue weighted by Crippen LogP contribution is 2.23. The minimum Gasteiger partial charge on any atom is -0.478 e. The van der Waals surface area contributed by atoms with Gasteiger partial charge in [0.1, 0.15) is 0 Å². The number of carboxylic acid groups (broad SMARTS) is 1. The van der Waals surface area contributed by atoms with Crippen LogP contribution in [0.15, 0.2) is 35.7 Å². The van der Waals surface area contributed by atoms with Crippen LogP contribution >= 0.6 is 0 Å². The molecule has 7 heteroatoms. The number of sulfonamides is 1. The first kappa shape index (κ1) is 16.2. The molecule has 1 aromatic carbocycles. The summed E-state index contributed by atoms with van der Waals surface area (Å²) in [5.74, 6) is -1.33. The van der Waals surface area contributed by atoms with Crippen molar-refractivity contribution < 1.29 is 18.3 Å². The van der Waals surface area contributed by atoms with Crippen LogP contribution in [0.2, 0.25) is 0 Å². The number of hydrogen-bond acceptors (Lipinski definition) is 4. The number of nitrogen functional groups attached to an aromatic ring is 1. The van der Waals surface area contributed by atoms with E-state index in [0.717, 1.165) is 6.07 Å². The standard InChI is InChI=1S/C13H18N2O4S/c1-3-7-15(8-4-2)20(18,19)12-6-5-10(14)9-11(12)13(16)17/h3,5-6,9H,1,4,7-8,14H2,2H3,(H,16,17). The van der Waals surface area contributed by atoms with Crippen molar-refractivity contribution in [2.24, 2.45) is 0 Å². The monoisotopic (exact) mass is 298 g/mol. The molecular formula is C13H18N2O4S. The van der Waals surface area contributed by atoms with Gasteiger partial charge in [-0.3, -0.25) is 0 Å².